The number of carbonyl (C=O) groups excluding carboxylic acids is 1. The van der Waals surface area contributed by atoms with Gasteiger partial charge in [-0.1, -0.05) is 6.42 Å². The molecule has 2 unspecified atom stereocenters. The molecule has 0 aliphatic carbocycles. The van der Waals surface area contributed by atoms with Crippen molar-refractivity contribution in [2.45, 2.75) is 44.8 Å². The van der Waals surface area contributed by atoms with E-state index < -0.39 is 0 Å². The van der Waals surface area contributed by atoms with Gasteiger partial charge in [-0.15, -0.1) is 0 Å². The molecule has 1 rings (SSSR count). The number of likely N-dealkylation sites (tertiary alicyclic amines) is 1. The van der Waals surface area contributed by atoms with E-state index in [0.717, 1.165) is 19.6 Å². The zero-order valence-corrected chi connectivity index (χ0v) is 11.7. The summed E-state index contributed by atoms with van der Waals surface area (Å²) in [5.74, 6) is 0.0248. The Bertz CT molecular complexity index is 238. The number of nitrogens with one attached hydrogen (secondary N) is 1. The van der Waals surface area contributed by atoms with E-state index in [1.807, 2.05) is 0 Å². The Kier molecular flexibility index (Phi) is 7.23. The van der Waals surface area contributed by atoms with Crippen LogP contribution >= 0.6 is 0 Å². The van der Waals surface area contributed by atoms with E-state index in [-0.39, 0.29) is 18.1 Å². The van der Waals surface area contributed by atoms with Gasteiger partial charge >= 0.3 is 0 Å². The Balaban J connectivity index is 2.21. The molecular weight excluding hydrogens is 230 g/mol. The van der Waals surface area contributed by atoms with Crippen molar-refractivity contribution in [3.63, 3.8) is 0 Å². The highest BCUT2D eigenvalue weighted by Crippen LogP contribution is 2.08. The molecule has 0 saturated carbocycles. The van der Waals surface area contributed by atoms with Gasteiger partial charge in [-0.05, 0) is 32.9 Å². The average Bonchev–Trinajstić information content (AvgIpc) is 2.36. The number of carbonyl (C=O) groups is 1. The van der Waals surface area contributed by atoms with E-state index >= 15 is 0 Å². The monoisotopic (exact) mass is 257 g/mol. The summed E-state index contributed by atoms with van der Waals surface area (Å²) in [4.78, 5) is 14.2. The first kappa shape index (κ1) is 15.4. The number of hydrogen-bond donors (Lipinski definition) is 2. The third-order valence-corrected chi connectivity index (χ3v) is 3.40. The summed E-state index contributed by atoms with van der Waals surface area (Å²) < 4.78 is 5.11. The third kappa shape index (κ3) is 5.80. The highest BCUT2D eigenvalue weighted by Gasteiger charge is 2.16. The molecular formula is C13H27N3O2. The van der Waals surface area contributed by atoms with Crippen LogP contribution in [-0.2, 0) is 9.53 Å². The van der Waals surface area contributed by atoms with Gasteiger partial charge in [0.2, 0.25) is 5.91 Å². The van der Waals surface area contributed by atoms with Crippen molar-refractivity contribution < 1.29 is 9.53 Å². The van der Waals surface area contributed by atoms with E-state index in [4.69, 9.17) is 10.5 Å². The van der Waals surface area contributed by atoms with Gasteiger partial charge in [0, 0.05) is 26.2 Å². The number of piperidine rings is 1. The smallest absolute Gasteiger partial charge is 0.222 e. The molecule has 106 valence electrons. The predicted molar refractivity (Wildman–Crippen MR) is 72.4 cm³/mol. The standard InChI is InChI=1S/C13H27N3O2/c1-11(10-16-6-4-3-5-7-16)15-13(17)8-12(9-14)18-2/h11-12H,3-10,14H2,1-2H3,(H,15,17). The summed E-state index contributed by atoms with van der Waals surface area (Å²) in [6.07, 6.45) is 4.06. The number of amides is 1. The minimum Gasteiger partial charge on any atom is -0.380 e. The van der Waals surface area contributed by atoms with Crippen LogP contribution in [0.1, 0.15) is 32.6 Å². The van der Waals surface area contributed by atoms with Gasteiger partial charge in [-0.2, -0.15) is 0 Å². The summed E-state index contributed by atoms with van der Waals surface area (Å²) in [5.41, 5.74) is 5.50. The molecule has 1 aliphatic heterocycles. The molecule has 0 aromatic carbocycles. The molecule has 0 aromatic rings. The molecule has 2 atom stereocenters. The summed E-state index contributed by atoms with van der Waals surface area (Å²) in [6.45, 7) is 5.68. The van der Waals surface area contributed by atoms with Crippen molar-refractivity contribution >= 4 is 5.91 Å². The van der Waals surface area contributed by atoms with Gasteiger partial charge in [0.1, 0.15) is 0 Å². The van der Waals surface area contributed by atoms with Crippen LogP contribution in [0.5, 0.6) is 0 Å². The summed E-state index contributed by atoms with van der Waals surface area (Å²) in [6, 6.07) is 0.186. The first-order chi connectivity index (χ1) is 8.65. The van der Waals surface area contributed by atoms with Crippen LogP contribution in [0.25, 0.3) is 0 Å². The molecule has 3 N–H and O–H groups in total. The maximum Gasteiger partial charge on any atom is 0.222 e. The number of hydrogen-bond acceptors (Lipinski definition) is 4. The molecule has 1 amide bonds. The third-order valence-electron chi connectivity index (χ3n) is 3.40. The van der Waals surface area contributed by atoms with E-state index in [0.29, 0.717) is 13.0 Å². The summed E-state index contributed by atoms with van der Waals surface area (Å²) in [5, 5.41) is 3.01. The van der Waals surface area contributed by atoms with Crippen LogP contribution in [0.2, 0.25) is 0 Å². The minimum absolute atomic E-state index is 0.0248. The van der Waals surface area contributed by atoms with Crippen molar-refractivity contribution in [1.29, 1.82) is 0 Å². The van der Waals surface area contributed by atoms with Gasteiger partial charge in [0.25, 0.3) is 0 Å². The molecule has 5 heteroatoms. The normalized spacial score (nSPS) is 20.4. The quantitative estimate of drug-likeness (QED) is 0.690. The number of nitrogens with two attached hydrogens (primary N) is 1. The molecule has 0 radical (unpaired) electrons. The van der Waals surface area contributed by atoms with Gasteiger partial charge < -0.3 is 20.7 Å². The highest BCUT2D eigenvalue weighted by molar-refractivity contribution is 5.76. The van der Waals surface area contributed by atoms with Gasteiger partial charge in [0.15, 0.2) is 0 Å². The first-order valence-electron chi connectivity index (χ1n) is 6.90. The van der Waals surface area contributed by atoms with E-state index in [9.17, 15) is 4.79 Å². The van der Waals surface area contributed by atoms with Crippen LogP contribution in [-0.4, -0.2) is 56.2 Å². The van der Waals surface area contributed by atoms with Crippen molar-refractivity contribution in [3.8, 4) is 0 Å². The van der Waals surface area contributed by atoms with Crippen LogP contribution in [0.4, 0.5) is 0 Å². The SMILES string of the molecule is COC(CN)CC(=O)NC(C)CN1CCCCC1. The van der Waals surface area contributed by atoms with Crippen molar-refractivity contribution in [2.24, 2.45) is 5.73 Å². The molecule has 1 saturated heterocycles. The van der Waals surface area contributed by atoms with E-state index in [1.54, 1.807) is 7.11 Å². The maximum atomic E-state index is 11.8. The van der Waals surface area contributed by atoms with Crippen molar-refractivity contribution in [3.05, 3.63) is 0 Å². The van der Waals surface area contributed by atoms with Crippen LogP contribution in [0.15, 0.2) is 0 Å². The Labute approximate surface area is 110 Å². The minimum atomic E-state index is -0.174. The second-order valence-corrected chi connectivity index (χ2v) is 5.13. The van der Waals surface area contributed by atoms with Crippen molar-refractivity contribution in [1.82, 2.24) is 10.2 Å². The fourth-order valence-electron chi connectivity index (χ4n) is 2.38. The largest absolute Gasteiger partial charge is 0.380 e. The zero-order chi connectivity index (χ0) is 13.4. The second-order valence-electron chi connectivity index (χ2n) is 5.13. The molecule has 5 nitrogen and oxygen atoms in total. The second kappa shape index (κ2) is 8.45. The fourth-order valence-corrected chi connectivity index (χ4v) is 2.38. The maximum absolute atomic E-state index is 11.8. The number of rotatable bonds is 7. The Morgan fingerprint density at radius 2 is 2.06 bits per heavy atom. The Hall–Kier alpha value is -0.650. The van der Waals surface area contributed by atoms with Crippen LogP contribution in [0.3, 0.4) is 0 Å². The van der Waals surface area contributed by atoms with Crippen LogP contribution in [0, 0.1) is 0 Å². The number of ether oxygens (including phenoxy) is 1. The van der Waals surface area contributed by atoms with Crippen LogP contribution < -0.4 is 11.1 Å². The Morgan fingerprint density at radius 1 is 1.39 bits per heavy atom. The van der Waals surface area contributed by atoms with E-state index in [2.05, 4.69) is 17.1 Å². The summed E-state index contributed by atoms with van der Waals surface area (Å²) >= 11 is 0. The lowest BCUT2D eigenvalue weighted by Crippen LogP contribution is -2.44. The molecule has 1 aliphatic rings. The number of methoxy groups -OCH3 is 1. The molecule has 18 heavy (non-hydrogen) atoms. The zero-order valence-electron chi connectivity index (χ0n) is 11.7. The topological polar surface area (TPSA) is 67.6 Å². The number of nitrogens with zero attached hydrogens (tertiary/aromatic N) is 1. The Morgan fingerprint density at radius 3 is 2.61 bits per heavy atom. The summed E-state index contributed by atoms with van der Waals surface area (Å²) in [7, 11) is 1.59. The molecule has 1 fully saturated rings. The first-order valence-corrected chi connectivity index (χ1v) is 6.90. The lowest BCUT2D eigenvalue weighted by molar-refractivity contribution is -0.124. The highest BCUT2D eigenvalue weighted by atomic mass is 16.5. The lowest BCUT2D eigenvalue weighted by atomic mass is 10.1. The van der Waals surface area contributed by atoms with Crippen molar-refractivity contribution in [2.75, 3.05) is 33.3 Å². The van der Waals surface area contributed by atoms with Gasteiger partial charge in [0.05, 0.1) is 12.5 Å². The molecule has 0 spiro atoms. The predicted octanol–water partition coefficient (Wildman–Crippen LogP) is 0.341. The van der Waals surface area contributed by atoms with E-state index in [1.165, 1.54) is 19.3 Å². The molecule has 0 bridgehead atoms. The lowest BCUT2D eigenvalue weighted by Gasteiger charge is -2.29. The fraction of sp³-hybridized carbons (Fsp3) is 0.923. The van der Waals surface area contributed by atoms with Gasteiger partial charge in [-0.3, -0.25) is 4.79 Å². The average molecular weight is 257 g/mol. The van der Waals surface area contributed by atoms with Gasteiger partial charge in [-0.25, -0.2) is 0 Å². The molecule has 1 heterocycles. The molecule has 0 aromatic heterocycles.